The SMILES string of the molecule is N#CC(C(=O)N1CCCC(Nc2ncnc3[nH]ccc23)C1)=C1CCOCC1. The lowest BCUT2D eigenvalue weighted by Crippen LogP contribution is -2.46. The van der Waals surface area contributed by atoms with E-state index in [9.17, 15) is 10.1 Å². The minimum Gasteiger partial charge on any atom is -0.381 e. The second-order valence-corrected chi connectivity index (χ2v) is 6.90. The fourth-order valence-electron chi connectivity index (χ4n) is 3.76. The van der Waals surface area contributed by atoms with Gasteiger partial charge in [0.1, 0.15) is 29.4 Å². The molecule has 0 spiro atoms. The molecular weight excluding hydrogens is 344 g/mol. The Morgan fingerprint density at radius 2 is 2.22 bits per heavy atom. The maximum atomic E-state index is 12.9. The van der Waals surface area contributed by atoms with Gasteiger partial charge >= 0.3 is 0 Å². The summed E-state index contributed by atoms with van der Waals surface area (Å²) in [5.74, 6) is 0.610. The van der Waals surface area contributed by atoms with Crippen molar-refractivity contribution in [2.75, 3.05) is 31.6 Å². The molecule has 8 heteroatoms. The zero-order chi connectivity index (χ0) is 18.6. The van der Waals surface area contributed by atoms with E-state index >= 15 is 0 Å². The maximum Gasteiger partial charge on any atom is 0.264 e. The second-order valence-electron chi connectivity index (χ2n) is 6.90. The van der Waals surface area contributed by atoms with Crippen molar-refractivity contribution in [3.05, 3.63) is 29.7 Å². The normalized spacial score (nSPS) is 20.3. The van der Waals surface area contributed by atoms with Crippen LogP contribution in [0.25, 0.3) is 11.0 Å². The van der Waals surface area contributed by atoms with E-state index in [1.807, 2.05) is 12.3 Å². The Balaban J connectivity index is 1.48. The summed E-state index contributed by atoms with van der Waals surface area (Å²) < 4.78 is 5.34. The summed E-state index contributed by atoms with van der Waals surface area (Å²) in [7, 11) is 0. The van der Waals surface area contributed by atoms with Crippen molar-refractivity contribution >= 4 is 22.8 Å². The number of piperidine rings is 1. The van der Waals surface area contributed by atoms with Crippen LogP contribution in [0.2, 0.25) is 0 Å². The lowest BCUT2D eigenvalue weighted by Gasteiger charge is -2.34. The van der Waals surface area contributed by atoms with E-state index in [0.717, 1.165) is 35.3 Å². The number of likely N-dealkylation sites (tertiary alicyclic amines) is 1. The van der Waals surface area contributed by atoms with Crippen LogP contribution in [0, 0.1) is 11.3 Å². The third-order valence-corrected chi connectivity index (χ3v) is 5.18. The van der Waals surface area contributed by atoms with Crippen LogP contribution in [0.4, 0.5) is 5.82 Å². The van der Waals surface area contributed by atoms with Crippen LogP contribution in [0.5, 0.6) is 0 Å². The standard InChI is InChI=1S/C19H22N6O2/c20-10-16(13-4-8-27-9-5-13)19(26)25-7-1-2-14(11-25)24-18-15-3-6-21-17(15)22-12-23-18/h3,6,12,14H,1-2,4-5,7-9,11H2,(H2,21,22,23,24). The van der Waals surface area contributed by atoms with Gasteiger partial charge in [0, 0.05) is 25.3 Å². The van der Waals surface area contributed by atoms with Gasteiger partial charge in [-0.15, -0.1) is 0 Å². The summed E-state index contributed by atoms with van der Waals surface area (Å²) in [6.07, 6.45) is 6.53. The van der Waals surface area contributed by atoms with Crippen molar-refractivity contribution in [2.45, 2.75) is 31.7 Å². The molecule has 1 unspecified atom stereocenters. The van der Waals surface area contributed by atoms with Gasteiger partial charge in [-0.1, -0.05) is 0 Å². The molecule has 0 saturated carbocycles. The van der Waals surface area contributed by atoms with Gasteiger partial charge in [0.25, 0.3) is 5.91 Å². The van der Waals surface area contributed by atoms with E-state index in [2.05, 4.69) is 26.3 Å². The van der Waals surface area contributed by atoms with Crippen LogP contribution >= 0.6 is 0 Å². The molecule has 2 saturated heterocycles. The number of aromatic nitrogens is 3. The summed E-state index contributed by atoms with van der Waals surface area (Å²) in [4.78, 5) is 26.4. The van der Waals surface area contributed by atoms with Crippen LogP contribution in [0.3, 0.4) is 0 Å². The van der Waals surface area contributed by atoms with Crippen LogP contribution in [0.1, 0.15) is 25.7 Å². The first-order chi connectivity index (χ1) is 13.3. The number of nitrogens with one attached hydrogen (secondary N) is 2. The third kappa shape index (κ3) is 3.64. The highest BCUT2D eigenvalue weighted by atomic mass is 16.5. The van der Waals surface area contributed by atoms with Crippen LogP contribution in [0.15, 0.2) is 29.7 Å². The summed E-state index contributed by atoms with van der Waals surface area (Å²) in [6, 6.07) is 4.17. The molecule has 4 rings (SSSR count). The molecule has 2 N–H and O–H groups in total. The largest absolute Gasteiger partial charge is 0.381 e. The van der Waals surface area contributed by atoms with Gasteiger partial charge in [-0.2, -0.15) is 5.26 Å². The molecule has 27 heavy (non-hydrogen) atoms. The number of ether oxygens (including phenoxy) is 1. The molecule has 2 aromatic heterocycles. The van der Waals surface area contributed by atoms with Crippen LogP contribution in [-0.4, -0.2) is 58.1 Å². The number of anilines is 1. The Morgan fingerprint density at radius 1 is 1.37 bits per heavy atom. The van der Waals surface area contributed by atoms with Gasteiger partial charge < -0.3 is 19.9 Å². The van der Waals surface area contributed by atoms with Gasteiger partial charge in [0.15, 0.2) is 0 Å². The Kier molecular flexibility index (Phi) is 5.03. The molecular formula is C19H22N6O2. The smallest absolute Gasteiger partial charge is 0.264 e. The molecule has 2 fully saturated rings. The van der Waals surface area contributed by atoms with Crippen molar-refractivity contribution in [1.29, 1.82) is 5.26 Å². The van der Waals surface area contributed by atoms with Gasteiger partial charge in [0.05, 0.1) is 18.6 Å². The zero-order valence-corrected chi connectivity index (χ0v) is 15.1. The van der Waals surface area contributed by atoms with Crippen molar-refractivity contribution in [3.8, 4) is 6.07 Å². The quantitative estimate of drug-likeness (QED) is 0.635. The lowest BCUT2D eigenvalue weighted by atomic mass is 9.98. The summed E-state index contributed by atoms with van der Waals surface area (Å²) in [5, 5.41) is 13.9. The molecule has 8 nitrogen and oxygen atoms in total. The van der Waals surface area contributed by atoms with E-state index in [1.54, 1.807) is 4.90 Å². The number of nitrogens with zero attached hydrogens (tertiary/aromatic N) is 4. The van der Waals surface area contributed by atoms with Crippen LogP contribution in [-0.2, 0) is 9.53 Å². The van der Waals surface area contributed by atoms with Crippen molar-refractivity contribution in [1.82, 2.24) is 19.9 Å². The first-order valence-electron chi connectivity index (χ1n) is 9.30. The molecule has 0 aliphatic carbocycles. The molecule has 0 radical (unpaired) electrons. The first-order valence-corrected chi connectivity index (χ1v) is 9.30. The monoisotopic (exact) mass is 366 g/mol. The van der Waals surface area contributed by atoms with Gasteiger partial charge in [-0.25, -0.2) is 9.97 Å². The highest BCUT2D eigenvalue weighted by molar-refractivity contribution is 5.98. The molecule has 140 valence electrons. The Labute approximate surface area is 157 Å². The number of nitriles is 1. The van der Waals surface area contributed by atoms with E-state index in [-0.39, 0.29) is 11.9 Å². The highest BCUT2D eigenvalue weighted by Crippen LogP contribution is 2.24. The topological polar surface area (TPSA) is 107 Å². The average Bonchev–Trinajstić information content (AvgIpc) is 3.19. The number of amides is 1. The van der Waals surface area contributed by atoms with Gasteiger partial charge in [0.2, 0.25) is 0 Å². The third-order valence-electron chi connectivity index (χ3n) is 5.18. The number of aromatic amines is 1. The predicted molar refractivity (Wildman–Crippen MR) is 99.8 cm³/mol. The fourth-order valence-corrected chi connectivity index (χ4v) is 3.76. The minimum atomic E-state index is -0.157. The summed E-state index contributed by atoms with van der Waals surface area (Å²) >= 11 is 0. The molecule has 0 bridgehead atoms. The van der Waals surface area contributed by atoms with E-state index in [4.69, 9.17) is 4.74 Å². The molecule has 2 aliphatic rings. The Hall–Kier alpha value is -2.92. The van der Waals surface area contributed by atoms with Gasteiger partial charge in [-0.3, -0.25) is 4.79 Å². The number of hydrogen-bond acceptors (Lipinski definition) is 6. The predicted octanol–water partition coefficient (Wildman–Crippen LogP) is 1.99. The van der Waals surface area contributed by atoms with E-state index in [0.29, 0.717) is 44.7 Å². The lowest BCUT2D eigenvalue weighted by molar-refractivity contribution is -0.127. The number of H-pyrrole nitrogens is 1. The van der Waals surface area contributed by atoms with Gasteiger partial charge in [-0.05, 0) is 37.3 Å². The molecule has 1 amide bonds. The van der Waals surface area contributed by atoms with Crippen molar-refractivity contribution in [3.63, 3.8) is 0 Å². The number of rotatable bonds is 3. The van der Waals surface area contributed by atoms with Crippen molar-refractivity contribution < 1.29 is 9.53 Å². The van der Waals surface area contributed by atoms with Crippen LogP contribution < -0.4 is 5.32 Å². The Morgan fingerprint density at radius 3 is 3.04 bits per heavy atom. The maximum absolute atomic E-state index is 12.9. The molecule has 2 aromatic rings. The van der Waals surface area contributed by atoms with E-state index in [1.165, 1.54) is 6.33 Å². The molecule has 0 aromatic carbocycles. The number of fused-ring (bicyclic) bond motifs is 1. The van der Waals surface area contributed by atoms with Crippen molar-refractivity contribution in [2.24, 2.45) is 0 Å². The average molecular weight is 366 g/mol. The minimum absolute atomic E-state index is 0.0929. The van der Waals surface area contributed by atoms with E-state index < -0.39 is 0 Å². The fraction of sp³-hybridized carbons (Fsp3) is 0.474. The molecule has 1 atom stereocenters. The molecule has 4 heterocycles. The summed E-state index contributed by atoms with van der Waals surface area (Å²) in [6.45, 7) is 2.40. The highest BCUT2D eigenvalue weighted by Gasteiger charge is 2.28. The number of carbonyl (C=O) groups excluding carboxylic acids is 1. The zero-order valence-electron chi connectivity index (χ0n) is 15.1. The number of carbonyl (C=O) groups is 1. The molecule has 2 aliphatic heterocycles. The second kappa shape index (κ2) is 7.76. The first kappa shape index (κ1) is 17.5. The Bertz CT molecular complexity index is 904. The number of hydrogen-bond donors (Lipinski definition) is 2. The summed E-state index contributed by atoms with van der Waals surface area (Å²) in [5.41, 5.74) is 2.01.